The van der Waals surface area contributed by atoms with Crippen LogP contribution in [0.15, 0.2) is 66.5 Å². The minimum atomic E-state index is -0.381. The van der Waals surface area contributed by atoms with Gasteiger partial charge in [0.1, 0.15) is 11.5 Å². The van der Waals surface area contributed by atoms with Gasteiger partial charge >= 0.3 is 12.0 Å². The second-order valence-electron chi connectivity index (χ2n) is 9.67. The molecule has 1 aliphatic heterocycles. The van der Waals surface area contributed by atoms with Crippen molar-refractivity contribution in [1.82, 2.24) is 19.4 Å². The highest BCUT2D eigenvalue weighted by atomic mass is 16.5. The lowest BCUT2D eigenvalue weighted by atomic mass is 10.1. The molecule has 2 heterocycles. The molecule has 0 spiro atoms. The topological polar surface area (TPSA) is 84.7 Å². The van der Waals surface area contributed by atoms with E-state index in [0.717, 1.165) is 54.7 Å². The first kappa shape index (κ1) is 27.8. The van der Waals surface area contributed by atoms with E-state index in [4.69, 9.17) is 4.74 Å². The van der Waals surface area contributed by atoms with E-state index in [0.29, 0.717) is 30.9 Å². The second kappa shape index (κ2) is 13.0. The van der Waals surface area contributed by atoms with E-state index in [1.807, 2.05) is 49.4 Å². The van der Waals surface area contributed by atoms with E-state index >= 15 is 0 Å². The summed E-state index contributed by atoms with van der Waals surface area (Å²) < 4.78 is 6.90. The molecule has 8 heteroatoms. The number of carbonyl (C=O) groups is 3. The molecule has 2 aromatic carbocycles. The van der Waals surface area contributed by atoms with Gasteiger partial charge in [-0.25, -0.2) is 14.6 Å². The summed E-state index contributed by atoms with van der Waals surface area (Å²) in [5.74, 6) is 0.249. The van der Waals surface area contributed by atoms with Gasteiger partial charge in [-0.2, -0.15) is 0 Å². The Morgan fingerprint density at radius 2 is 1.59 bits per heavy atom. The molecule has 3 amide bonds. The number of rotatable bonds is 12. The summed E-state index contributed by atoms with van der Waals surface area (Å²) in [6, 6.07) is 16.7. The highest BCUT2D eigenvalue weighted by Crippen LogP contribution is 2.27. The van der Waals surface area contributed by atoms with Crippen LogP contribution in [-0.2, 0) is 29.0 Å². The van der Waals surface area contributed by atoms with Gasteiger partial charge in [0.15, 0.2) is 0 Å². The Balaban J connectivity index is 1.71. The number of nitrogens with zero attached hydrogens (tertiary/aromatic N) is 4. The Hall–Kier alpha value is -4.20. The number of ether oxygens (including phenoxy) is 1. The van der Waals surface area contributed by atoms with Gasteiger partial charge < -0.3 is 9.30 Å². The molecule has 1 aromatic heterocycles. The number of benzene rings is 2. The van der Waals surface area contributed by atoms with Gasteiger partial charge in [-0.3, -0.25) is 14.6 Å². The van der Waals surface area contributed by atoms with Gasteiger partial charge in [0.05, 0.1) is 31.1 Å². The Morgan fingerprint density at radius 3 is 2.26 bits per heavy atom. The fourth-order valence-electron chi connectivity index (χ4n) is 4.61. The summed E-state index contributed by atoms with van der Waals surface area (Å²) >= 11 is 0. The fourth-order valence-corrected chi connectivity index (χ4v) is 4.61. The number of esters is 1. The summed E-state index contributed by atoms with van der Waals surface area (Å²) in [4.78, 5) is 46.4. The van der Waals surface area contributed by atoms with Crippen LogP contribution in [0.3, 0.4) is 0 Å². The third kappa shape index (κ3) is 6.45. The van der Waals surface area contributed by atoms with Crippen molar-refractivity contribution in [2.24, 2.45) is 0 Å². The number of unbranched alkanes of at least 4 members (excludes halogenated alkanes) is 2. The zero-order valence-corrected chi connectivity index (χ0v) is 22.9. The molecule has 39 heavy (non-hydrogen) atoms. The smallest absolute Gasteiger partial charge is 0.337 e. The van der Waals surface area contributed by atoms with E-state index < -0.39 is 0 Å². The van der Waals surface area contributed by atoms with Crippen LogP contribution in [0.5, 0.6) is 0 Å². The van der Waals surface area contributed by atoms with Crippen molar-refractivity contribution < 1.29 is 19.1 Å². The standard InChI is InChI=1S/C31H36N4O4/c1-4-6-13-28-32-20-26(34(28)21-24-14-16-25(17-15-24)30(37)39-3)19-27-29(36)33(18-7-5-2)31(38)35(27)22-23-11-9-8-10-12-23/h8-12,14-17,19-20H,4-7,13,18,21-22H2,1-3H3. The maximum atomic E-state index is 13.5. The van der Waals surface area contributed by atoms with Crippen LogP contribution in [0.2, 0.25) is 0 Å². The van der Waals surface area contributed by atoms with Crippen LogP contribution >= 0.6 is 0 Å². The Morgan fingerprint density at radius 1 is 0.897 bits per heavy atom. The number of imide groups is 1. The molecule has 1 aliphatic rings. The average Bonchev–Trinajstić information content (AvgIpc) is 3.43. The number of hydrogen-bond acceptors (Lipinski definition) is 5. The first-order chi connectivity index (χ1) is 19.0. The lowest BCUT2D eigenvalue weighted by Gasteiger charge is -2.17. The molecule has 0 aliphatic carbocycles. The third-order valence-corrected chi connectivity index (χ3v) is 6.86. The maximum absolute atomic E-state index is 13.5. The fraction of sp³-hybridized carbons (Fsp3) is 0.355. The number of amides is 3. The lowest BCUT2D eigenvalue weighted by Crippen LogP contribution is -2.33. The first-order valence-corrected chi connectivity index (χ1v) is 13.6. The predicted octanol–water partition coefficient (Wildman–Crippen LogP) is 5.67. The van der Waals surface area contributed by atoms with Crippen LogP contribution in [-0.4, -0.2) is 50.9 Å². The number of methoxy groups -OCH3 is 1. The Labute approximate surface area is 229 Å². The van der Waals surface area contributed by atoms with E-state index in [9.17, 15) is 14.4 Å². The molecule has 0 radical (unpaired) electrons. The van der Waals surface area contributed by atoms with E-state index in [2.05, 4.69) is 16.5 Å². The molecule has 204 valence electrons. The number of urea groups is 1. The summed E-state index contributed by atoms with van der Waals surface area (Å²) in [5.41, 5.74) is 3.52. The van der Waals surface area contributed by atoms with Gasteiger partial charge in [0, 0.05) is 19.5 Å². The molecule has 0 bridgehead atoms. The summed E-state index contributed by atoms with van der Waals surface area (Å²) in [6.07, 6.45) is 8.01. The highest BCUT2D eigenvalue weighted by molar-refractivity contribution is 6.13. The molecule has 0 saturated carbocycles. The van der Waals surface area contributed by atoms with Crippen LogP contribution in [0.4, 0.5) is 4.79 Å². The van der Waals surface area contributed by atoms with E-state index in [1.165, 1.54) is 12.0 Å². The molecule has 8 nitrogen and oxygen atoms in total. The zero-order valence-electron chi connectivity index (χ0n) is 22.9. The Bertz CT molecular complexity index is 1330. The predicted molar refractivity (Wildman–Crippen MR) is 150 cm³/mol. The van der Waals surface area contributed by atoms with Gasteiger partial charge in [-0.05, 0) is 42.2 Å². The van der Waals surface area contributed by atoms with Crippen molar-refractivity contribution in [2.75, 3.05) is 13.7 Å². The number of aromatic nitrogens is 2. The molecule has 3 aromatic rings. The molecule has 0 unspecified atom stereocenters. The molecule has 1 fully saturated rings. The SMILES string of the molecule is CCCCc1ncc(C=C2C(=O)N(CCCC)C(=O)N2Cc2ccccc2)n1Cc1ccc(C(=O)OC)cc1. The third-order valence-electron chi connectivity index (χ3n) is 6.86. The number of hydrogen-bond donors (Lipinski definition) is 0. The van der Waals surface area contributed by atoms with Gasteiger partial charge in [0.25, 0.3) is 5.91 Å². The number of carbonyl (C=O) groups excluding carboxylic acids is 3. The van der Waals surface area contributed by atoms with Crippen LogP contribution in [0, 0.1) is 0 Å². The van der Waals surface area contributed by atoms with Crippen molar-refractivity contribution >= 4 is 24.0 Å². The summed E-state index contributed by atoms with van der Waals surface area (Å²) in [5, 5.41) is 0. The minimum absolute atomic E-state index is 0.283. The van der Waals surface area contributed by atoms with Crippen molar-refractivity contribution in [1.29, 1.82) is 0 Å². The van der Waals surface area contributed by atoms with E-state index in [-0.39, 0.29) is 17.9 Å². The monoisotopic (exact) mass is 528 g/mol. The quantitative estimate of drug-likeness (QED) is 0.172. The van der Waals surface area contributed by atoms with Crippen LogP contribution in [0.1, 0.15) is 72.5 Å². The number of aryl methyl sites for hydroxylation is 1. The van der Waals surface area contributed by atoms with Crippen LogP contribution in [0.25, 0.3) is 6.08 Å². The summed E-state index contributed by atoms with van der Waals surface area (Å²) in [6.45, 7) is 5.39. The number of imidazole rings is 1. The molecule has 4 rings (SSSR count). The van der Waals surface area contributed by atoms with Crippen molar-refractivity contribution in [3.05, 3.63) is 94.7 Å². The van der Waals surface area contributed by atoms with Gasteiger partial charge in [-0.15, -0.1) is 0 Å². The van der Waals surface area contributed by atoms with Crippen molar-refractivity contribution in [3.8, 4) is 0 Å². The van der Waals surface area contributed by atoms with Crippen molar-refractivity contribution in [3.63, 3.8) is 0 Å². The maximum Gasteiger partial charge on any atom is 0.337 e. The van der Waals surface area contributed by atoms with E-state index in [1.54, 1.807) is 29.3 Å². The molecular weight excluding hydrogens is 492 g/mol. The molecule has 1 saturated heterocycles. The summed E-state index contributed by atoms with van der Waals surface area (Å²) in [7, 11) is 1.36. The second-order valence-corrected chi connectivity index (χ2v) is 9.67. The highest BCUT2D eigenvalue weighted by Gasteiger charge is 2.40. The Kier molecular flexibility index (Phi) is 9.31. The molecular formula is C31H36N4O4. The van der Waals surface area contributed by atoms with Crippen molar-refractivity contribution in [2.45, 2.75) is 59.0 Å². The molecule has 0 N–H and O–H groups in total. The van der Waals surface area contributed by atoms with Crippen LogP contribution < -0.4 is 0 Å². The molecule has 0 atom stereocenters. The average molecular weight is 529 g/mol. The normalized spacial score (nSPS) is 14.5. The van der Waals surface area contributed by atoms with Gasteiger partial charge in [-0.1, -0.05) is 69.2 Å². The first-order valence-electron chi connectivity index (χ1n) is 13.6. The van der Waals surface area contributed by atoms with Gasteiger partial charge in [0.2, 0.25) is 0 Å². The lowest BCUT2D eigenvalue weighted by molar-refractivity contribution is -0.123. The zero-order chi connectivity index (χ0) is 27.8. The largest absolute Gasteiger partial charge is 0.465 e. The minimum Gasteiger partial charge on any atom is -0.465 e.